The van der Waals surface area contributed by atoms with E-state index in [0.29, 0.717) is 18.0 Å². The minimum Gasteiger partial charge on any atom is -0.432 e. The Bertz CT molecular complexity index is 356. The van der Waals surface area contributed by atoms with Crippen LogP contribution in [0, 0.1) is 11.7 Å². The van der Waals surface area contributed by atoms with Crippen LogP contribution in [0.1, 0.15) is 19.4 Å². The van der Waals surface area contributed by atoms with Crippen molar-refractivity contribution < 1.29 is 17.9 Å². The quantitative estimate of drug-likeness (QED) is 0.833. The summed E-state index contributed by atoms with van der Waals surface area (Å²) in [5, 5.41) is 3.13. The second kappa shape index (κ2) is 6.49. The molecule has 0 amide bonds. The summed E-state index contributed by atoms with van der Waals surface area (Å²) >= 11 is 0. The summed E-state index contributed by atoms with van der Waals surface area (Å²) in [5.74, 6) is -0.692. The molecule has 0 atom stereocenters. The maximum Gasteiger partial charge on any atom is 0.387 e. The van der Waals surface area contributed by atoms with Gasteiger partial charge in [0.25, 0.3) is 0 Å². The van der Waals surface area contributed by atoms with Crippen molar-refractivity contribution in [2.45, 2.75) is 27.0 Å². The number of alkyl halides is 2. The van der Waals surface area contributed by atoms with Gasteiger partial charge < -0.3 is 10.1 Å². The van der Waals surface area contributed by atoms with Gasteiger partial charge in [-0.2, -0.15) is 8.78 Å². The van der Waals surface area contributed by atoms with E-state index in [0.717, 1.165) is 6.54 Å². The summed E-state index contributed by atoms with van der Waals surface area (Å²) in [5.41, 5.74) is 0.699. The third kappa shape index (κ3) is 5.08. The van der Waals surface area contributed by atoms with Gasteiger partial charge in [-0.15, -0.1) is 0 Å². The molecule has 0 spiro atoms. The Morgan fingerprint density at radius 1 is 1.29 bits per heavy atom. The summed E-state index contributed by atoms with van der Waals surface area (Å²) in [7, 11) is 0. The Morgan fingerprint density at radius 3 is 2.53 bits per heavy atom. The van der Waals surface area contributed by atoms with Crippen molar-refractivity contribution in [1.82, 2.24) is 5.32 Å². The highest BCUT2D eigenvalue weighted by molar-refractivity contribution is 5.29. The van der Waals surface area contributed by atoms with Crippen LogP contribution in [0.15, 0.2) is 18.2 Å². The van der Waals surface area contributed by atoms with Gasteiger partial charge in [0.2, 0.25) is 0 Å². The van der Waals surface area contributed by atoms with Crippen LogP contribution in [0.5, 0.6) is 5.75 Å². The van der Waals surface area contributed by atoms with Crippen molar-refractivity contribution >= 4 is 0 Å². The third-order valence-electron chi connectivity index (χ3n) is 2.09. The zero-order valence-corrected chi connectivity index (χ0v) is 9.84. The second-order valence-corrected chi connectivity index (χ2v) is 4.17. The van der Waals surface area contributed by atoms with E-state index in [4.69, 9.17) is 0 Å². The van der Waals surface area contributed by atoms with E-state index in [-0.39, 0.29) is 0 Å². The minimum absolute atomic E-state index is 0.424. The Hall–Kier alpha value is -1.23. The molecule has 5 heteroatoms. The molecule has 0 radical (unpaired) electrons. The SMILES string of the molecule is CC(C)CNCc1ccc(OC(F)F)c(F)c1. The standard InChI is InChI=1S/C12H16F3NO/c1-8(2)6-16-7-9-3-4-11(10(13)5-9)17-12(14)15/h3-5,8,12,16H,6-7H2,1-2H3. The highest BCUT2D eigenvalue weighted by atomic mass is 19.3. The van der Waals surface area contributed by atoms with Gasteiger partial charge in [0.1, 0.15) is 0 Å². The van der Waals surface area contributed by atoms with Crippen molar-refractivity contribution in [2.24, 2.45) is 5.92 Å². The topological polar surface area (TPSA) is 21.3 Å². The Kier molecular flexibility index (Phi) is 5.28. The smallest absolute Gasteiger partial charge is 0.387 e. The maximum atomic E-state index is 13.3. The van der Waals surface area contributed by atoms with Crippen molar-refractivity contribution in [3.63, 3.8) is 0 Å². The molecule has 1 aromatic carbocycles. The first-order valence-electron chi connectivity index (χ1n) is 5.43. The highest BCUT2D eigenvalue weighted by Gasteiger charge is 2.10. The highest BCUT2D eigenvalue weighted by Crippen LogP contribution is 2.20. The van der Waals surface area contributed by atoms with Crippen LogP contribution in [0.25, 0.3) is 0 Å². The molecule has 0 unspecified atom stereocenters. The van der Waals surface area contributed by atoms with Crippen LogP contribution in [-0.4, -0.2) is 13.2 Å². The molecule has 0 saturated heterocycles. The van der Waals surface area contributed by atoms with E-state index in [9.17, 15) is 13.2 Å². The van der Waals surface area contributed by atoms with Crippen LogP contribution in [0.2, 0.25) is 0 Å². The third-order valence-corrected chi connectivity index (χ3v) is 2.09. The number of ether oxygens (including phenoxy) is 1. The molecule has 2 nitrogen and oxygen atoms in total. The van der Waals surface area contributed by atoms with Gasteiger partial charge >= 0.3 is 6.61 Å². The van der Waals surface area contributed by atoms with Crippen molar-refractivity contribution in [1.29, 1.82) is 0 Å². The number of hydrogen-bond acceptors (Lipinski definition) is 2. The summed E-state index contributed by atoms with van der Waals surface area (Å²) in [4.78, 5) is 0. The first-order chi connectivity index (χ1) is 7.99. The van der Waals surface area contributed by atoms with Gasteiger partial charge in [-0.05, 0) is 30.2 Å². The van der Waals surface area contributed by atoms with Gasteiger partial charge in [-0.25, -0.2) is 4.39 Å². The monoisotopic (exact) mass is 247 g/mol. The van der Waals surface area contributed by atoms with E-state index in [1.54, 1.807) is 6.07 Å². The zero-order valence-electron chi connectivity index (χ0n) is 9.84. The van der Waals surface area contributed by atoms with E-state index < -0.39 is 18.2 Å². The summed E-state index contributed by atoms with van der Waals surface area (Å²) in [6.45, 7) is 2.44. The fraction of sp³-hybridized carbons (Fsp3) is 0.500. The summed E-state index contributed by atoms with van der Waals surface area (Å²) < 4.78 is 41.1. The molecule has 0 aliphatic rings. The van der Waals surface area contributed by atoms with Gasteiger partial charge in [-0.3, -0.25) is 0 Å². The molecule has 1 aromatic rings. The van der Waals surface area contributed by atoms with Crippen LogP contribution < -0.4 is 10.1 Å². The average Bonchev–Trinajstić information content (AvgIpc) is 2.21. The van der Waals surface area contributed by atoms with Gasteiger partial charge in [0.15, 0.2) is 11.6 Å². The van der Waals surface area contributed by atoms with E-state index in [1.165, 1.54) is 12.1 Å². The number of benzene rings is 1. The van der Waals surface area contributed by atoms with E-state index >= 15 is 0 Å². The van der Waals surface area contributed by atoms with Crippen LogP contribution in [0.4, 0.5) is 13.2 Å². The lowest BCUT2D eigenvalue weighted by molar-refractivity contribution is -0.0522. The van der Waals surface area contributed by atoms with Crippen LogP contribution in [0.3, 0.4) is 0 Å². The molecule has 0 saturated carbocycles. The normalized spacial score (nSPS) is 11.2. The molecule has 0 aliphatic carbocycles. The first kappa shape index (κ1) is 13.8. The molecule has 0 bridgehead atoms. The molecular formula is C12H16F3NO. The van der Waals surface area contributed by atoms with E-state index in [2.05, 4.69) is 23.9 Å². The lowest BCUT2D eigenvalue weighted by Gasteiger charge is -2.09. The number of rotatable bonds is 6. The Morgan fingerprint density at radius 2 is 2.00 bits per heavy atom. The molecule has 0 heterocycles. The lowest BCUT2D eigenvalue weighted by atomic mass is 10.2. The van der Waals surface area contributed by atoms with Gasteiger partial charge in [-0.1, -0.05) is 19.9 Å². The van der Waals surface area contributed by atoms with Crippen molar-refractivity contribution in [2.75, 3.05) is 6.54 Å². The number of hydrogen-bond donors (Lipinski definition) is 1. The molecular weight excluding hydrogens is 231 g/mol. The fourth-order valence-electron chi connectivity index (χ4n) is 1.35. The van der Waals surface area contributed by atoms with Gasteiger partial charge in [0, 0.05) is 6.54 Å². The molecule has 1 rings (SSSR count). The van der Waals surface area contributed by atoms with Crippen molar-refractivity contribution in [3.8, 4) is 5.75 Å². The van der Waals surface area contributed by atoms with Crippen LogP contribution >= 0.6 is 0 Å². The van der Waals surface area contributed by atoms with Crippen LogP contribution in [-0.2, 0) is 6.54 Å². The minimum atomic E-state index is -3.01. The number of nitrogens with one attached hydrogen (secondary N) is 1. The molecule has 0 aliphatic heterocycles. The second-order valence-electron chi connectivity index (χ2n) is 4.17. The largest absolute Gasteiger partial charge is 0.432 e. The van der Waals surface area contributed by atoms with E-state index in [1.807, 2.05) is 0 Å². The van der Waals surface area contributed by atoms with Crippen molar-refractivity contribution in [3.05, 3.63) is 29.6 Å². The first-order valence-corrected chi connectivity index (χ1v) is 5.43. The average molecular weight is 247 g/mol. The predicted molar refractivity (Wildman–Crippen MR) is 59.6 cm³/mol. The Balaban J connectivity index is 2.56. The maximum absolute atomic E-state index is 13.3. The summed E-state index contributed by atoms with van der Waals surface area (Å²) in [6, 6.07) is 3.98. The lowest BCUT2D eigenvalue weighted by Crippen LogP contribution is -2.19. The fourth-order valence-corrected chi connectivity index (χ4v) is 1.35. The number of halogens is 3. The van der Waals surface area contributed by atoms with Gasteiger partial charge in [0.05, 0.1) is 0 Å². The predicted octanol–water partition coefficient (Wildman–Crippen LogP) is 3.17. The molecule has 1 N–H and O–H groups in total. The molecule has 96 valence electrons. The zero-order chi connectivity index (χ0) is 12.8. The summed E-state index contributed by atoms with van der Waals surface area (Å²) in [6.07, 6.45) is 0. The molecule has 0 fully saturated rings. The Labute approximate surface area is 98.8 Å². The molecule has 17 heavy (non-hydrogen) atoms. The molecule has 0 aromatic heterocycles.